The van der Waals surface area contributed by atoms with Crippen LogP contribution in [0.25, 0.3) is 0 Å². The summed E-state index contributed by atoms with van der Waals surface area (Å²) in [4.78, 5) is 1.20. The van der Waals surface area contributed by atoms with Crippen molar-refractivity contribution in [2.24, 2.45) is 0 Å². The van der Waals surface area contributed by atoms with E-state index in [1.165, 1.54) is 12.4 Å². The minimum atomic E-state index is -3.50. The third kappa shape index (κ3) is 2.98. The van der Waals surface area contributed by atoms with E-state index in [1.807, 2.05) is 24.4 Å². The van der Waals surface area contributed by atoms with Crippen molar-refractivity contribution in [3.8, 4) is 0 Å². The molecule has 0 aromatic carbocycles. The molecule has 2 N–H and O–H groups in total. The Morgan fingerprint density at radius 2 is 2.39 bits per heavy atom. The number of thiophene rings is 1. The fraction of sp³-hybridized carbons (Fsp3) is 0.364. The van der Waals surface area contributed by atoms with E-state index in [-0.39, 0.29) is 10.9 Å². The SMILES string of the molecule is CCCC(NS(=O)(=O)c1cn[nH]c1)c1cccs1. The van der Waals surface area contributed by atoms with Crippen molar-refractivity contribution < 1.29 is 8.42 Å². The summed E-state index contributed by atoms with van der Waals surface area (Å²) >= 11 is 1.56. The van der Waals surface area contributed by atoms with Crippen LogP contribution in [0.15, 0.2) is 34.8 Å². The number of aromatic amines is 1. The van der Waals surface area contributed by atoms with Crippen molar-refractivity contribution in [3.05, 3.63) is 34.8 Å². The molecule has 0 aliphatic carbocycles. The standard InChI is InChI=1S/C11H15N3O2S2/c1-2-4-10(11-5-3-6-17-11)14-18(15,16)9-7-12-13-8-9/h3,5-8,10,14H,2,4H2,1H3,(H,12,13). The van der Waals surface area contributed by atoms with Crippen molar-refractivity contribution in [3.63, 3.8) is 0 Å². The van der Waals surface area contributed by atoms with Crippen LogP contribution in [0.2, 0.25) is 0 Å². The van der Waals surface area contributed by atoms with E-state index in [0.29, 0.717) is 0 Å². The molecule has 0 saturated carbocycles. The average Bonchev–Trinajstić information content (AvgIpc) is 3.02. The lowest BCUT2D eigenvalue weighted by Gasteiger charge is -2.16. The second-order valence-electron chi connectivity index (χ2n) is 3.91. The molecule has 0 fully saturated rings. The van der Waals surface area contributed by atoms with Crippen LogP contribution in [0.3, 0.4) is 0 Å². The molecule has 1 unspecified atom stereocenters. The lowest BCUT2D eigenvalue weighted by Crippen LogP contribution is -2.27. The van der Waals surface area contributed by atoms with Gasteiger partial charge >= 0.3 is 0 Å². The Bertz CT molecular complexity index is 561. The maximum absolute atomic E-state index is 12.1. The molecule has 7 heteroatoms. The predicted octanol–water partition coefficient (Wildman–Crippen LogP) is 2.29. The number of aromatic nitrogens is 2. The quantitative estimate of drug-likeness (QED) is 0.855. The number of nitrogens with zero attached hydrogens (tertiary/aromatic N) is 1. The third-order valence-corrected chi connectivity index (χ3v) is 4.97. The van der Waals surface area contributed by atoms with Gasteiger partial charge in [-0.05, 0) is 17.9 Å². The lowest BCUT2D eigenvalue weighted by atomic mass is 10.1. The van der Waals surface area contributed by atoms with Gasteiger partial charge in [-0.1, -0.05) is 19.4 Å². The normalized spacial score (nSPS) is 13.6. The molecule has 18 heavy (non-hydrogen) atoms. The molecule has 0 aliphatic heterocycles. The highest BCUT2D eigenvalue weighted by molar-refractivity contribution is 7.89. The summed E-state index contributed by atoms with van der Waals surface area (Å²) in [7, 11) is -3.50. The first-order valence-corrected chi connectivity index (χ1v) is 8.04. The number of nitrogens with one attached hydrogen (secondary N) is 2. The summed E-state index contributed by atoms with van der Waals surface area (Å²) in [5, 5.41) is 8.12. The highest BCUT2D eigenvalue weighted by Gasteiger charge is 2.22. The van der Waals surface area contributed by atoms with Crippen LogP contribution in [-0.4, -0.2) is 18.6 Å². The van der Waals surface area contributed by atoms with Gasteiger partial charge in [0.15, 0.2) is 0 Å². The Balaban J connectivity index is 2.20. The molecule has 98 valence electrons. The van der Waals surface area contributed by atoms with E-state index in [2.05, 4.69) is 14.9 Å². The van der Waals surface area contributed by atoms with Crippen LogP contribution in [0, 0.1) is 0 Å². The summed E-state index contributed by atoms with van der Waals surface area (Å²) in [6.45, 7) is 2.03. The fourth-order valence-electron chi connectivity index (χ4n) is 1.68. The van der Waals surface area contributed by atoms with Gasteiger partial charge in [-0.2, -0.15) is 5.10 Å². The first-order chi connectivity index (χ1) is 8.63. The van der Waals surface area contributed by atoms with Gasteiger partial charge in [0.1, 0.15) is 4.90 Å². The summed E-state index contributed by atoms with van der Waals surface area (Å²) in [5.74, 6) is 0. The summed E-state index contributed by atoms with van der Waals surface area (Å²) < 4.78 is 26.9. The zero-order valence-electron chi connectivity index (χ0n) is 9.96. The van der Waals surface area contributed by atoms with E-state index >= 15 is 0 Å². The van der Waals surface area contributed by atoms with Gasteiger partial charge in [-0.3, -0.25) is 5.10 Å². The zero-order chi connectivity index (χ0) is 13.0. The van der Waals surface area contributed by atoms with Crippen molar-refractivity contribution in [1.82, 2.24) is 14.9 Å². The Labute approximate surface area is 110 Å². The molecule has 0 spiro atoms. The molecule has 0 bridgehead atoms. The Kier molecular flexibility index (Phi) is 4.15. The first-order valence-electron chi connectivity index (χ1n) is 5.68. The molecule has 0 amide bonds. The minimum absolute atomic E-state index is 0.167. The molecule has 0 saturated heterocycles. The van der Waals surface area contributed by atoms with Crippen LogP contribution in [0.1, 0.15) is 30.7 Å². The van der Waals surface area contributed by atoms with Crippen molar-refractivity contribution >= 4 is 21.4 Å². The molecule has 2 heterocycles. The van der Waals surface area contributed by atoms with Crippen molar-refractivity contribution in [2.45, 2.75) is 30.7 Å². The molecule has 5 nitrogen and oxygen atoms in total. The minimum Gasteiger partial charge on any atom is -0.284 e. The number of hydrogen-bond donors (Lipinski definition) is 2. The number of rotatable bonds is 6. The molecule has 2 aromatic rings. The van der Waals surface area contributed by atoms with Gasteiger partial charge < -0.3 is 0 Å². The van der Waals surface area contributed by atoms with E-state index in [0.717, 1.165) is 17.7 Å². The highest BCUT2D eigenvalue weighted by atomic mass is 32.2. The molecule has 2 aromatic heterocycles. The van der Waals surface area contributed by atoms with E-state index in [9.17, 15) is 8.42 Å². The maximum atomic E-state index is 12.1. The number of sulfonamides is 1. The van der Waals surface area contributed by atoms with Gasteiger partial charge in [0, 0.05) is 11.1 Å². The number of H-pyrrole nitrogens is 1. The van der Waals surface area contributed by atoms with Crippen LogP contribution < -0.4 is 4.72 Å². The monoisotopic (exact) mass is 285 g/mol. The van der Waals surface area contributed by atoms with Gasteiger partial charge in [0.2, 0.25) is 10.0 Å². The summed E-state index contributed by atoms with van der Waals surface area (Å²) in [6.07, 6.45) is 4.37. The Morgan fingerprint density at radius 3 is 2.94 bits per heavy atom. The van der Waals surface area contributed by atoms with Gasteiger partial charge in [0.25, 0.3) is 0 Å². The van der Waals surface area contributed by atoms with Gasteiger partial charge in [-0.25, -0.2) is 13.1 Å². The molecule has 1 atom stereocenters. The van der Waals surface area contributed by atoms with Crippen LogP contribution in [0.4, 0.5) is 0 Å². The zero-order valence-corrected chi connectivity index (χ0v) is 11.6. The lowest BCUT2D eigenvalue weighted by molar-refractivity contribution is 0.540. The third-order valence-electron chi connectivity index (χ3n) is 2.54. The second kappa shape index (κ2) is 5.64. The van der Waals surface area contributed by atoms with Gasteiger partial charge in [-0.15, -0.1) is 11.3 Å². The fourth-order valence-corrected chi connectivity index (χ4v) is 3.72. The molecular formula is C11H15N3O2S2. The average molecular weight is 285 g/mol. The maximum Gasteiger partial charge on any atom is 0.244 e. The Hall–Kier alpha value is -1.18. The summed E-state index contributed by atoms with van der Waals surface area (Å²) in [6, 6.07) is 3.70. The van der Waals surface area contributed by atoms with Gasteiger partial charge in [0.05, 0.1) is 12.2 Å². The van der Waals surface area contributed by atoms with E-state index < -0.39 is 10.0 Å². The Morgan fingerprint density at radius 1 is 1.56 bits per heavy atom. The summed E-state index contributed by atoms with van der Waals surface area (Å²) in [5.41, 5.74) is 0. The van der Waals surface area contributed by atoms with Crippen LogP contribution in [0.5, 0.6) is 0 Å². The van der Waals surface area contributed by atoms with Crippen LogP contribution in [-0.2, 0) is 10.0 Å². The largest absolute Gasteiger partial charge is 0.284 e. The highest BCUT2D eigenvalue weighted by Crippen LogP contribution is 2.25. The van der Waals surface area contributed by atoms with E-state index in [1.54, 1.807) is 11.3 Å². The van der Waals surface area contributed by atoms with E-state index in [4.69, 9.17) is 0 Å². The molecule has 2 rings (SSSR count). The molecule has 0 radical (unpaired) electrons. The number of hydrogen-bond acceptors (Lipinski definition) is 4. The van der Waals surface area contributed by atoms with Crippen LogP contribution >= 0.6 is 11.3 Å². The molecular weight excluding hydrogens is 270 g/mol. The first kappa shape index (κ1) is 13.3. The van der Waals surface area contributed by atoms with Crippen molar-refractivity contribution in [1.29, 1.82) is 0 Å². The topological polar surface area (TPSA) is 74.8 Å². The smallest absolute Gasteiger partial charge is 0.244 e. The predicted molar refractivity (Wildman–Crippen MR) is 70.9 cm³/mol. The molecule has 0 aliphatic rings. The second-order valence-corrected chi connectivity index (χ2v) is 6.61. The van der Waals surface area contributed by atoms with Crippen molar-refractivity contribution in [2.75, 3.05) is 0 Å².